The van der Waals surface area contributed by atoms with Crippen molar-refractivity contribution in [2.75, 3.05) is 7.05 Å². The molecule has 0 bridgehead atoms. The maximum absolute atomic E-state index is 12.0. The molecule has 1 aromatic carbocycles. The molecule has 0 aliphatic carbocycles. The monoisotopic (exact) mass is 321 g/mol. The lowest BCUT2D eigenvalue weighted by molar-refractivity contribution is -0.114. The zero-order chi connectivity index (χ0) is 17.4. The summed E-state index contributed by atoms with van der Waals surface area (Å²) in [4.78, 5) is 36.0. The highest BCUT2D eigenvalue weighted by Gasteiger charge is 2.32. The lowest BCUT2D eigenvalue weighted by atomic mass is 10.0. The molecule has 2 N–H and O–H groups in total. The third-order valence-corrected chi connectivity index (χ3v) is 3.67. The molecule has 118 valence electrons. The van der Waals surface area contributed by atoms with Gasteiger partial charge in [-0.1, -0.05) is 6.07 Å². The average Bonchev–Trinajstić information content (AvgIpc) is 3.12. The van der Waals surface area contributed by atoms with Crippen LogP contribution in [-0.2, 0) is 4.79 Å². The Bertz CT molecular complexity index is 962. The molecule has 3 amide bonds. The van der Waals surface area contributed by atoms with Crippen molar-refractivity contribution in [3.05, 3.63) is 52.8 Å². The summed E-state index contributed by atoms with van der Waals surface area (Å²) < 4.78 is 5.56. The van der Waals surface area contributed by atoms with Crippen molar-refractivity contribution in [2.45, 2.75) is 0 Å². The number of fused-ring (bicyclic) bond motifs is 1. The zero-order valence-electron chi connectivity index (χ0n) is 12.6. The van der Waals surface area contributed by atoms with Crippen LogP contribution in [0.1, 0.15) is 26.5 Å². The first-order chi connectivity index (χ1) is 11.4. The van der Waals surface area contributed by atoms with Crippen molar-refractivity contribution in [1.82, 2.24) is 4.90 Å². The Morgan fingerprint density at radius 2 is 1.92 bits per heavy atom. The number of hydrogen-bond donors (Lipinski definition) is 1. The van der Waals surface area contributed by atoms with E-state index in [9.17, 15) is 14.4 Å². The van der Waals surface area contributed by atoms with Gasteiger partial charge >= 0.3 is 0 Å². The van der Waals surface area contributed by atoms with Crippen molar-refractivity contribution in [1.29, 1.82) is 5.26 Å². The smallest absolute Gasteiger partial charge is 0.261 e. The Kier molecular flexibility index (Phi) is 3.50. The van der Waals surface area contributed by atoms with Gasteiger partial charge in [-0.3, -0.25) is 19.3 Å². The highest BCUT2D eigenvalue weighted by molar-refractivity contribution is 6.21. The van der Waals surface area contributed by atoms with Crippen LogP contribution in [0.5, 0.6) is 0 Å². The zero-order valence-corrected chi connectivity index (χ0v) is 12.6. The van der Waals surface area contributed by atoms with Crippen LogP contribution in [0.2, 0.25) is 0 Å². The van der Waals surface area contributed by atoms with Crippen molar-refractivity contribution < 1.29 is 18.8 Å². The lowest BCUT2D eigenvalue weighted by Crippen LogP contribution is -2.24. The van der Waals surface area contributed by atoms with Crippen LogP contribution in [0.15, 0.2) is 40.3 Å². The molecule has 1 aliphatic heterocycles. The van der Waals surface area contributed by atoms with Gasteiger partial charge in [0, 0.05) is 18.7 Å². The summed E-state index contributed by atoms with van der Waals surface area (Å²) in [5, 5.41) is 8.83. The molecule has 7 nitrogen and oxygen atoms in total. The highest BCUT2D eigenvalue weighted by atomic mass is 16.3. The standard InChI is InChI=1S/C17H11N3O4/c1-20-16(22)12-4-2-9(7-13(12)17(20)23)14-5-3-11(24-14)6-10(8-18)15(19)21/h2-7H,1H3,(H2,19,21)/b10-6+. The lowest BCUT2D eigenvalue weighted by Gasteiger charge is -2.02. The van der Waals surface area contributed by atoms with Gasteiger partial charge in [0.05, 0.1) is 11.1 Å². The normalized spacial score (nSPS) is 13.8. The van der Waals surface area contributed by atoms with Gasteiger partial charge < -0.3 is 10.2 Å². The van der Waals surface area contributed by atoms with Gasteiger partial charge in [-0.05, 0) is 24.3 Å². The van der Waals surface area contributed by atoms with E-state index < -0.39 is 5.91 Å². The number of nitrogens with zero attached hydrogens (tertiary/aromatic N) is 2. The molecule has 0 saturated heterocycles. The SMILES string of the molecule is CN1C(=O)c2ccc(-c3ccc(/C=C(\C#N)C(N)=O)o3)cc2C1=O. The second-order valence-corrected chi connectivity index (χ2v) is 5.17. The molecule has 2 aromatic rings. The number of carbonyl (C=O) groups excluding carboxylic acids is 3. The first kappa shape index (κ1) is 15.2. The number of carbonyl (C=O) groups is 3. The van der Waals surface area contributed by atoms with Crippen LogP contribution in [0.3, 0.4) is 0 Å². The summed E-state index contributed by atoms with van der Waals surface area (Å²) in [5.41, 5.74) is 6.09. The van der Waals surface area contributed by atoms with Crippen LogP contribution >= 0.6 is 0 Å². The van der Waals surface area contributed by atoms with Crippen molar-refractivity contribution in [3.63, 3.8) is 0 Å². The fourth-order valence-corrected chi connectivity index (χ4v) is 2.40. The largest absolute Gasteiger partial charge is 0.457 e. The van der Waals surface area contributed by atoms with Crippen LogP contribution in [0.25, 0.3) is 17.4 Å². The highest BCUT2D eigenvalue weighted by Crippen LogP contribution is 2.29. The van der Waals surface area contributed by atoms with Gasteiger partial charge in [-0.25, -0.2) is 0 Å². The van der Waals surface area contributed by atoms with Crippen LogP contribution < -0.4 is 5.73 Å². The molecule has 0 spiro atoms. The molecule has 24 heavy (non-hydrogen) atoms. The van der Waals surface area contributed by atoms with Crippen LogP contribution in [0, 0.1) is 11.3 Å². The predicted octanol–water partition coefficient (Wildman–Crippen LogP) is 1.56. The molecular weight excluding hydrogens is 310 g/mol. The fourth-order valence-electron chi connectivity index (χ4n) is 2.40. The Balaban J connectivity index is 1.99. The predicted molar refractivity (Wildman–Crippen MR) is 83.4 cm³/mol. The van der Waals surface area contributed by atoms with E-state index in [4.69, 9.17) is 15.4 Å². The number of primary amides is 1. The molecule has 1 aliphatic rings. The van der Waals surface area contributed by atoms with E-state index in [0.717, 1.165) is 4.90 Å². The first-order valence-corrected chi connectivity index (χ1v) is 6.90. The van der Waals surface area contributed by atoms with Gasteiger partial charge in [-0.15, -0.1) is 0 Å². The summed E-state index contributed by atoms with van der Waals surface area (Å²) in [5.74, 6) is -0.852. The maximum atomic E-state index is 12.0. The molecule has 7 heteroatoms. The average molecular weight is 321 g/mol. The molecular formula is C17H11N3O4. The molecule has 2 heterocycles. The quantitative estimate of drug-likeness (QED) is 0.523. The summed E-state index contributed by atoms with van der Waals surface area (Å²) in [6.07, 6.45) is 1.24. The second kappa shape index (κ2) is 5.52. The van der Waals surface area contributed by atoms with Crippen LogP contribution in [-0.4, -0.2) is 29.7 Å². The third-order valence-electron chi connectivity index (χ3n) is 3.67. The minimum Gasteiger partial charge on any atom is -0.457 e. The Hall–Kier alpha value is -3.66. The number of furan rings is 1. The molecule has 1 aromatic heterocycles. The minimum absolute atomic E-state index is 0.229. The van der Waals surface area contributed by atoms with E-state index in [1.807, 2.05) is 0 Å². The van der Waals surface area contributed by atoms with E-state index in [0.29, 0.717) is 22.5 Å². The fraction of sp³-hybridized carbons (Fsp3) is 0.0588. The van der Waals surface area contributed by atoms with Gasteiger partial charge in [0.2, 0.25) is 0 Å². The molecule has 3 rings (SSSR count). The first-order valence-electron chi connectivity index (χ1n) is 6.90. The number of hydrogen-bond acceptors (Lipinski definition) is 5. The number of nitriles is 1. The number of benzene rings is 1. The summed E-state index contributed by atoms with van der Waals surface area (Å²) in [7, 11) is 1.42. The summed E-state index contributed by atoms with van der Waals surface area (Å²) >= 11 is 0. The van der Waals surface area contributed by atoms with E-state index in [1.54, 1.807) is 36.4 Å². The summed E-state index contributed by atoms with van der Waals surface area (Å²) in [6, 6.07) is 9.69. The Labute approximate surface area is 136 Å². The van der Waals surface area contributed by atoms with Gasteiger partial charge in [-0.2, -0.15) is 5.26 Å². The summed E-state index contributed by atoms with van der Waals surface area (Å²) in [6.45, 7) is 0. The molecule has 0 unspecified atom stereocenters. The molecule has 0 fully saturated rings. The Morgan fingerprint density at radius 1 is 1.21 bits per heavy atom. The van der Waals surface area contributed by atoms with E-state index >= 15 is 0 Å². The topological polar surface area (TPSA) is 117 Å². The Morgan fingerprint density at radius 3 is 2.58 bits per heavy atom. The molecule has 0 saturated carbocycles. The van der Waals surface area contributed by atoms with Crippen molar-refractivity contribution in [3.8, 4) is 17.4 Å². The van der Waals surface area contributed by atoms with E-state index in [1.165, 1.54) is 13.1 Å². The molecule has 0 atom stereocenters. The second-order valence-electron chi connectivity index (χ2n) is 5.17. The van der Waals surface area contributed by atoms with E-state index in [-0.39, 0.29) is 23.1 Å². The number of amides is 3. The maximum Gasteiger partial charge on any atom is 0.261 e. The van der Waals surface area contributed by atoms with Crippen molar-refractivity contribution in [2.24, 2.45) is 5.73 Å². The number of imide groups is 1. The number of nitrogens with two attached hydrogens (primary N) is 1. The van der Waals surface area contributed by atoms with E-state index in [2.05, 4.69) is 0 Å². The van der Waals surface area contributed by atoms with Crippen LogP contribution in [0.4, 0.5) is 0 Å². The van der Waals surface area contributed by atoms with Gasteiger partial charge in [0.1, 0.15) is 23.2 Å². The van der Waals surface area contributed by atoms with Gasteiger partial charge in [0.25, 0.3) is 17.7 Å². The van der Waals surface area contributed by atoms with Crippen molar-refractivity contribution >= 4 is 23.8 Å². The van der Waals surface area contributed by atoms with Gasteiger partial charge in [0.15, 0.2) is 0 Å². The molecule has 0 radical (unpaired) electrons. The third kappa shape index (κ3) is 2.36. The minimum atomic E-state index is -0.847. The number of rotatable bonds is 3.